The van der Waals surface area contributed by atoms with Crippen molar-refractivity contribution >= 4 is 35.0 Å². The van der Waals surface area contributed by atoms with Crippen molar-refractivity contribution in [1.29, 1.82) is 0 Å². The van der Waals surface area contributed by atoms with Crippen molar-refractivity contribution in [3.63, 3.8) is 0 Å². The van der Waals surface area contributed by atoms with E-state index in [1.54, 1.807) is 30.0 Å². The molecule has 0 aliphatic carbocycles. The van der Waals surface area contributed by atoms with Gasteiger partial charge in [-0.05, 0) is 43.7 Å². The van der Waals surface area contributed by atoms with E-state index in [2.05, 4.69) is 17.2 Å². The van der Waals surface area contributed by atoms with Gasteiger partial charge in [-0.25, -0.2) is 0 Å². The topological polar surface area (TPSA) is 49.3 Å². The molecule has 1 heterocycles. The summed E-state index contributed by atoms with van der Waals surface area (Å²) in [6.07, 6.45) is 2.38. The lowest BCUT2D eigenvalue weighted by Crippen LogP contribution is -2.34. The first kappa shape index (κ1) is 16.2. The van der Waals surface area contributed by atoms with E-state index in [4.69, 9.17) is 16.7 Å². The number of aliphatic hydroxyl groups excluding tert-OH is 1. The lowest BCUT2D eigenvalue weighted by atomic mass is 10.0. The van der Waals surface area contributed by atoms with Gasteiger partial charge in [-0.1, -0.05) is 23.4 Å². The van der Waals surface area contributed by atoms with Crippen LogP contribution >= 0.6 is 23.4 Å². The summed E-state index contributed by atoms with van der Waals surface area (Å²) in [6.45, 7) is 2.01. The number of hydrogen-bond acceptors (Lipinski definition) is 3. The van der Waals surface area contributed by atoms with Gasteiger partial charge >= 0.3 is 0 Å². The number of aliphatic hydroxyl groups is 1. The molecule has 1 aromatic rings. The maximum Gasteiger partial charge on any atom is 0.240 e. The van der Waals surface area contributed by atoms with Crippen LogP contribution in [-0.2, 0) is 4.79 Å². The molecule has 1 aliphatic heterocycles. The Hall–Kier alpha value is -1.15. The molecule has 1 unspecified atom stereocenters. The summed E-state index contributed by atoms with van der Waals surface area (Å²) < 4.78 is -0.373. The number of amides is 1. The summed E-state index contributed by atoms with van der Waals surface area (Å²) in [5.41, 5.74) is 1.36. The molecular formula is C16H18ClNO2S. The largest absolute Gasteiger partial charge is 0.395 e. The molecule has 0 radical (unpaired) electrons. The molecule has 0 bridgehead atoms. The summed E-state index contributed by atoms with van der Waals surface area (Å²) in [5.74, 6) is 6.81. The van der Waals surface area contributed by atoms with E-state index < -0.39 is 0 Å². The van der Waals surface area contributed by atoms with Gasteiger partial charge in [-0.15, -0.1) is 11.8 Å². The van der Waals surface area contributed by atoms with Gasteiger partial charge in [-0.3, -0.25) is 4.79 Å². The van der Waals surface area contributed by atoms with Crippen LogP contribution < -0.4 is 5.32 Å². The Morgan fingerprint density at radius 2 is 2.38 bits per heavy atom. The molecule has 1 aromatic carbocycles. The molecule has 2 rings (SSSR count). The molecule has 0 aromatic heterocycles. The van der Waals surface area contributed by atoms with Crippen LogP contribution in [0.15, 0.2) is 18.2 Å². The normalized spacial score (nSPS) is 20.7. The predicted octanol–water partition coefficient (Wildman–Crippen LogP) is 3.30. The van der Waals surface area contributed by atoms with E-state index in [1.165, 1.54) is 0 Å². The molecule has 1 aliphatic rings. The second-order valence-electron chi connectivity index (χ2n) is 5.11. The zero-order valence-corrected chi connectivity index (χ0v) is 13.5. The molecule has 2 N–H and O–H groups in total. The van der Waals surface area contributed by atoms with Gasteiger partial charge in [-0.2, -0.15) is 0 Å². The Morgan fingerprint density at radius 3 is 3.05 bits per heavy atom. The average molecular weight is 324 g/mol. The predicted molar refractivity (Wildman–Crippen MR) is 88.8 cm³/mol. The van der Waals surface area contributed by atoms with Crippen molar-refractivity contribution in [3.05, 3.63) is 28.8 Å². The van der Waals surface area contributed by atoms with Crippen LogP contribution in [0.4, 0.5) is 5.69 Å². The number of nitrogens with one attached hydrogen (secondary N) is 1. The van der Waals surface area contributed by atoms with E-state index in [0.717, 1.165) is 24.2 Å². The van der Waals surface area contributed by atoms with Gasteiger partial charge < -0.3 is 10.4 Å². The highest BCUT2D eigenvalue weighted by Crippen LogP contribution is 2.39. The van der Waals surface area contributed by atoms with Gasteiger partial charge in [0.05, 0.1) is 22.1 Å². The standard InChI is InChI=1S/C16H18ClNO2S/c1-16(8-4-10-21-16)15(20)18-14-11-12(5-2-3-9-19)6-7-13(14)17/h6-7,11,19H,3-4,8-10H2,1H3,(H,18,20). The van der Waals surface area contributed by atoms with Crippen LogP contribution in [-0.4, -0.2) is 28.1 Å². The smallest absolute Gasteiger partial charge is 0.240 e. The first-order valence-corrected chi connectivity index (χ1v) is 8.26. The molecule has 5 heteroatoms. The van der Waals surface area contributed by atoms with Gasteiger partial charge in [0.25, 0.3) is 0 Å². The van der Waals surface area contributed by atoms with Crippen LogP contribution in [0.3, 0.4) is 0 Å². The maximum atomic E-state index is 12.4. The molecule has 1 atom stereocenters. The van der Waals surface area contributed by atoms with E-state index in [9.17, 15) is 4.79 Å². The van der Waals surface area contributed by atoms with Crippen molar-refractivity contribution < 1.29 is 9.90 Å². The zero-order chi connectivity index (χ0) is 15.3. The lowest BCUT2D eigenvalue weighted by molar-refractivity contribution is -0.118. The fraction of sp³-hybridized carbons (Fsp3) is 0.438. The molecule has 3 nitrogen and oxygen atoms in total. The highest BCUT2D eigenvalue weighted by Gasteiger charge is 2.37. The average Bonchev–Trinajstić information content (AvgIpc) is 2.91. The van der Waals surface area contributed by atoms with Gasteiger partial charge in [0.2, 0.25) is 5.91 Å². The second kappa shape index (κ2) is 7.22. The van der Waals surface area contributed by atoms with Gasteiger partial charge in [0, 0.05) is 12.0 Å². The third-order valence-electron chi connectivity index (χ3n) is 3.38. The Morgan fingerprint density at radius 1 is 1.57 bits per heavy atom. The Bertz CT molecular complexity index is 586. The molecule has 1 saturated heterocycles. The molecule has 21 heavy (non-hydrogen) atoms. The van der Waals surface area contributed by atoms with Crippen LogP contribution in [0.25, 0.3) is 0 Å². The van der Waals surface area contributed by atoms with Crippen LogP contribution in [0.2, 0.25) is 5.02 Å². The third-order valence-corrected chi connectivity index (χ3v) is 5.23. The Kier molecular flexibility index (Phi) is 5.58. The number of hydrogen-bond donors (Lipinski definition) is 2. The number of benzene rings is 1. The SMILES string of the molecule is CC1(C(=O)Nc2cc(C#CCCO)ccc2Cl)CCCS1. The number of carbonyl (C=O) groups excluding carboxylic acids is 1. The summed E-state index contributed by atoms with van der Waals surface area (Å²) >= 11 is 7.83. The number of carbonyl (C=O) groups is 1. The van der Waals surface area contributed by atoms with Gasteiger partial charge in [0.1, 0.15) is 0 Å². The van der Waals surface area contributed by atoms with Crippen molar-refractivity contribution in [2.45, 2.75) is 30.9 Å². The summed E-state index contributed by atoms with van der Waals surface area (Å²) in [6, 6.07) is 5.30. The van der Waals surface area contributed by atoms with Crippen molar-refractivity contribution in [1.82, 2.24) is 0 Å². The summed E-state index contributed by atoms with van der Waals surface area (Å²) in [7, 11) is 0. The number of halogens is 1. The minimum atomic E-state index is -0.373. The van der Waals surface area contributed by atoms with Crippen LogP contribution in [0, 0.1) is 11.8 Å². The first-order valence-electron chi connectivity index (χ1n) is 6.90. The molecule has 1 fully saturated rings. The molecular weight excluding hydrogens is 306 g/mol. The Balaban J connectivity index is 2.14. The third kappa shape index (κ3) is 4.16. The minimum Gasteiger partial charge on any atom is -0.395 e. The number of rotatable bonds is 3. The van der Waals surface area contributed by atoms with Crippen molar-refractivity contribution in [2.75, 3.05) is 17.7 Å². The first-order chi connectivity index (χ1) is 10.0. The number of thioether (sulfide) groups is 1. The lowest BCUT2D eigenvalue weighted by Gasteiger charge is -2.21. The van der Waals surface area contributed by atoms with E-state index in [1.807, 2.05) is 6.92 Å². The maximum absolute atomic E-state index is 12.4. The zero-order valence-electron chi connectivity index (χ0n) is 11.9. The summed E-state index contributed by atoms with van der Waals surface area (Å²) in [4.78, 5) is 12.4. The Labute approximate surface area is 134 Å². The molecule has 1 amide bonds. The molecule has 0 spiro atoms. The quantitative estimate of drug-likeness (QED) is 0.839. The monoisotopic (exact) mass is 323 g/mol. The number of anilines is 1. The van der Waals surface area contributed by atoms with Crippen molar-refractivity contribution in [2.24, 2.45) is 0 Å². The van der Waals surface area contributed by atoms with Crippen LogP contribution in [0.1, 0.15) is 31.7 Å². The summed E-state index contributed by atoms with van der Waals surface area (Å²) in [5, 5.41) is 12.1. The van der Waals surface area contributed by atoms with Crippen molar-refractivity contribution in [3.8, 4) is 11.8 Å². The van der Waals surface area contributed by atoms with E-state index >= 15 is 0 Å². The van der Waals surface area contributed by atoms with E-state index in [0.29, 0.717) is 17.1 Å². The fourth-order valence-corrected chi connectivity index (χ4v) is 3.51. The minimum absolute atomic E-state index is 0.00707. The van der Waals surface area contributed by atoms with Gasteiger partial charge in [0.15, 0.2) is 0 Å². The van der Waals surface area contributed by atoms with E-state index in [-0.39, 0.29) is 17.3 Å². The molecule has 0 saturated carbocycles. The fourth-order valence-electron chi connectivity index (χ4n) is 2.13. The highest BCUT2D eigenvalue weighted by molar-refractivity contribution is 8.01. The highest BCUT2D eigenvalue weighted by atomic mass is 35.5. The van der Waals surface area contributed by atoms with Crippen LogP contribution in [0.5, 0.6) is 0 Å². The molecule has 112 valence electrons. The second-order valence-corrected chi connectivity index (χ2v) is 7.11.